The SMILES string of the molecule is Cc1cccc(Cn2cc(Cl)c(NC(=O)Cn3nc(C)c4c(C(F)F)cc(C(F)F)nc43)n2)c1. The van der Waals surface area contributed by atoms with E-state index >= 15 is 0 Å². The minimum absolute atomic E-state index is 0.0623. The molecule has 0 radical (unpaired) electrons. The van der Waals surface area contributed by atoms with E-state index in [9.17, 15) is 22.4 Å². The molecule has 0 aliphatic rings. The van der Waals surface area contributed by atoms with Crippen molar-refractivity contribution in [1.29, 1.82) is 0 Å². The molecule has 0 spiro atoms. The molecular formula is C22H19ClF4N6O. The van der Waals surface area contributed by atoms with Crippen LogP contribution in [0.4, 0.5) is 23.4 Å². The Balaban J connectivity index is 1.57. The van der Waals surface area contributed by atoms with Gasteiger partial charge in [0.1, 0.15) is 17.3 Å². The average molecular weight is 495 g/mol. The largest absolute Gasteiger partial charge is 0.306 e. The Morgan fingerprint density at radius 3 is 2.56 bits per heavy atom. The summed E-state index contributed by atoms with van der Waals surface area (Å²) in [5, 5.41) is 11.0. The summed E-state index contributed by atoms with van der Waals surface area (Å²) in [5.41, 5.74) is 0.573. The molecule has 34 heavy (non-hydrogen) atoms. The number of carbonyl (C=O) groups excluding carboxylic acids is 1. The molecule has 0 fully saturated rings. The molecule has 4 rings (SSSR count). The highest BCUT2D eigenvalue weighted by atomic mass is 35.5. The third-order valence-electron chi connectivity index (χ3n) is 5.08. The van der Waals surface area contributed by atoms with E-state index in [1.807, 2.05) is 31.2 Å². The second-order valence-electron chi connectivity index (χ2n) is 7.74. The van der Waals surface area contributed by atoms with E-state index in [0.717, 1.165) is 15.8 Å². The molecule has 0 saturated heterocycles. The summed E-state index contributed by atoms with van der Waals surface area (Å²) < 4.78 is 56.0. The number of anilines is 1. The summed E-state index contributed by atoms with van der Waals surface area (Å²) in [6.45, 7) is 3.37. The normalized spacial score (nSPS) is 11.7. The zero-order valence-electron chi connectivity index (χ0n) is 18.1. The number of halogens is 5. The molecule has 0 unspecified atom stereocenters. The topological polar surface area (TPSA) is 77.6 Å². The quantitative estimate of drug-likeness (QED) is 0.346. The summed E-state index contributed by atoms with van der Waals surface area (Å²) in [7, 11) is 0. The van der Waals surface area contributed by atoms with E-state index in [1.165, 1.54) is 6.92 Å². The van der Waals surface area contributed by atoms with Gasteiger partial charge < -0.3 is 5.32 Å². The lowest BCUT2D eigenvalue weighted by Gasteiger charge is -2.08. The van der Waals surface area contributed by atoms with Crippen LogP contribution in [0.3, 0.4) is 0 Å². The highest BCUT2D eigenvalue weighted by Crippen LogP contribution is 2.32. The average Bonchev–Trinajstić information content (AvgIpc) is 3.25. The highest BCUT2D eigenvalue weighted by Gasteiger charge is 2.24. The lowest BCUT2D eigenvalue weighted by atomic mass is 10.1. The van der Waals surface area contributed by atoms with Crippen LogP contribution in [0, 0.1) is 13.8 Å². The molecule has 0 atom stereocenters. The standard InChI is InChI=1S/C22H19ClF4N6O/c1-11-4-3-5-13(6-11)8-32-9-15(23)21(31-32)29-17(34)10-33-22-18(12(2)30-33)14(19(24)25)7-16(28-22)20(26)27/h3-7,9,19-20H,8,10H2,1-2H3,(H,29,31,34). The molecule has 0 aliphatic heterocycles. The number of fused-ring (bicyclic) bond motifs is 1. The van der Waals surface area contributed by atoms with Gasteiger partial charge in [-0.25, -0.2) is 27.2 Å². The Morgan fingerprint density at radius 2 is 1.88 bits per heavy atom. The van der Waals surface area contributed by atoms with Crippen LogP contribution in [0.5, 0.6) is 0 Å². The van der Waals surface area contributed by atoms with Crippen LogP contribution in [0.15, 0.2) is 36.5 Å². The van der Waals surface area contributed by atoms with Crippen molar-refractivity contribution in [2.24, 2.45) is 0 Å². The number of rotatable bonds is 7. The van der Waals surface area contributed by atoms with E-state index in [0.29, 0.717) is 12.6 Å². The Hall–Kier alpha value is -3.47. The van der Waals surface area contributed by atoms with E-state index < -0.39 is 36.6 Å². The van der Waals surface area contributed by atoms with Gasteiger partial charge in [-0.3, -0.25) is 9.48 Å². The van der Waals surface area contributed by atoms with E-state index in [2.05, 4.69) is 20.5 Å². The molecule has 1 N–H and O–H groups in total. The molecular weight excluding hydrogens is 476 g/mol. The number of pyridine rings is 1. The van der Waals surface area contributed by atoms with Gasteiger partial charge in [0.05, 0.1) is 17.6 Å². The van der Waals surface area contributed by atoms with Crippen molar-refractivity contribution in [2.75, 3.05) is 5.32 Å². The maximum atomic E-state index is 13.5. The van der Waals surface area contributed by atoms with Crippen molar-refractivity contribution >= 4 is 34.4 Å². The number of aryl methyl sites for hydroxylation is 2. The monoisotopic (exact) mass is 494 g/mol. The third-order valence-corrected chi connectivity index (χ3v) is 5.36. The second kappa shape index (κ2) is 9.41. The van der Waals surface area contributed by atoms with Crippen LogP contribution in [0.25, 0.3) is 11.0 Å². The van der Waals surface area contributed by atoms with Crippen molar-refractivity contribution in [2.45, 2.75) is 39.8 Å². The van der Waals surface area contributed by atoms with Gasteiger partial charge in [0.25, 0.3) is 12.9 Å². The first kappa shape index (κ1) is 23.7. The van der Waals surface area contributed by atoms with E-state index in [1.54, 1.807) is 10.9 Å². The number of nitrogens with zero attached hydrogens (tertiary/aromatic N) is 5. The summed E-state index contributed by atoms with van der Waals surface area (Å²) >= 11 is 6.20. The maximum absolute atomic E-state index is 13.5. The Labute approximate surface area is 196 Å². The van der Waals surface area contributed by atoms with Gasteiger partial charge in [-0.1, -0.05) is 41.4 Å². The van der Waals surface area contributed by atoms with Gasteiger partial charge in [-0.15, -0.1) is 0 Å². The zero-order valence-corrected chi connectivity index (χ0v) is 18.8. The van der Waals surface area contributed by atoms with Crippen LogP contribution in [0.2, 0.25) is 5.02 Å². The van der Waals surface area contributed by atoms with Gasteiger partial charge in [-0.05, 0) is 25.5 Å². The van der Waals surface area contributed by atoms with Crippen molar-refractivity contribution in [3.05, 3.63) is 69.6 Å². The highest BCUT2D eigenvalue weighted by molar-refractivity contribution is 6.33. The van der Waals surface area contributed by atoms with Crippen LogP contribution in [-0.4, -0.2) is 30.5 Å². The molecule has 1 aromatic carbocycles. The first-order valence-corrected chi connectivity index (χ1v) is 10.5. The Bertz CT molecular complexity index is 1370. The molecule has 3 heterocycles. The predicted molar refractivity (Wildman–Crippen MR) is 118 cm³/mol. The summed E-state index contributed by atoms with van der Waals surface area (Å²) in [6.07, 6.45) is -4.52. The Morgan fingerprint density at radius 1 is 1.12 bits per heavy atom. The number of amides is 1. The van der Waals surface area contributed by atoms with Crippen LogP contribution >= 0.6 is 11.6 Å². The molecule has 0 aliphatic carbocycles. The summed E-state index contributed by atoms with van der Waals surface area (Å²) in [4.78, 5) is 16.4. The van der Waals surface area contributed by atoms with E-state index in [-0.39, 0.29) is 27.6 Å². The van der Waals surface area contributed by atoms with Gasteiger partial charge in [0.15, 0.2) is 11.5 Å². The number of nitrogens with one attached hydrogen (secondary N) is 1. The minimum atomic E-state index is -3.06. The predicted octanol–water partition coefficient (Wildman–Crippen LogP) is 5.46. The molecule has 178 valence electrons. The van der Waals surface area contributed by atoms with Crippen molar-refractivity contribution in [3.8, 4) is 0 Å². The lowest BCUT2D eigenvalue weighted by Crippen LogP contribution is -2.20. The number of carbonyl (C=O) groups is 1. The third kappa shape index (κ3) is 4.89. The molecule has 0 bridgehead atoms. The molecule has 7 nitrogen and oxygen atoms in total. The maximum Gasteiger partial charge on any atom is 0.280 e. The van der Waals surface area contributed by atoms with Crippen molar-refractivity contribution < 1.29 is 22.4 Å². The molecule has 0 saturated carbocycles. The Kier molecular flexibility index (Phi) is 6.56. The first-order valence-electron chi connectivity index (χ1n) is 10.1. The molecule has 4 aromatic rings. The van der Waals surface area contributed by atoms with Crippen LogP contribution in [0.1, 0.15) is 40.9 Å². The van der Waals surface area contributed by atoms with Crippen LogP contribution < -0.4 is 5.32 Å². The van der Waals surface area contributed by atoms with Crippen molar-refractivity contribution in [1.82, 2.24) is 24.5 Å². The fourth-order valence-electron chi connectivity index (χ4n) is 3.67. The second-order valence-corrected chi connectivity index (χ2v) is 8.15. The number of benzene rings is 1. The first-order chi connectivity index (χ1) is 16.1. The number of hydrogen-bond donors (Lipinski definition) is 1. The fraction of sp³-hybridized carbons (Fsp3) is 0.273. The lowest BCUT2D eigenvalue weighted by molar-refractivity contribution is -0.116. The summed E-state index contributed by atoms with van der Waals surface area (Å²) in [5.74, 6) is -0.531. The number of alkyl halides is 4. The molecule has 3 aromatic heterocycles. The van der Waals surface area contributed by atoms with Crippen molar-refractivity contribution in [3.63, 3.8) is 0 Å². The number of aromatic nitrogens is 5. The number of hydrogen-bond acceptors (Lipinski definition) is 4. The van der Waals surface area contributed by atoms with Gasteiger partial charge in [0.2, 0.25) is 5.91 Å². The van der Waals surface area contributed by atoms with Crippen LogP contribution in [-0.2, 0) is 17.9 Å². The van der Waals surface area contributed by atoms with Gasteiger partial charge in [-0.2, -0.15) is 10.2 Å². The van der Waals surface area contributed by atoms with Gasteiger partial charge in [0, 0.05) is 11.8 Å². The van der Waals surface area contributed by atoms with E-state index in [4.69, 9.17) is 11.6 Å². The minimum Gasteiger partial charge on any atom is -0.306 e. The summed E-state index contributed by atoms with van der Waals surface area (Å²) in [6, 6.07) is 8.47. The fourth-order valence-corrected chi connectivity index (χ4v) is 3.87. The smallest absolute Gasteiger partial charge is 0.280 e. The molecule has 1 amide bonds. The molecule has 12 heteroatoms. The van der Waals surface area contributed by atoms with Gasteiger partial charge >= 0.3 is 0 Å². The zero-order chi connectivity index (χ0) is 24.6.